The highest BCUT2D eigenvalue weighted by atomic mass is 16.2. The average molecular weight is 356 g/mol. The molecule has 0 saturated carbocycles. The van der Waals surface area contributed by atoms with E-state index in [0.29, 0.717) is 12.0 Å². The number of hydrogen-bond donors (Lipinski definition) is 1. The van der Waals surface area contributed by atoms with Crippen molar-refractivity contribution in [2.75, 3.05) is 16.8 Å². The quantitative estimate of drug-likeness (QED) is 0.760. The molecule has 3 aromatic rings. The number of carbonyl (C=O) groups is 2. The Labute approximate surface area is 157 Å². The SMILES string of the molecule is O=C(Nc1ccc2c3c(cccc13)CC2)c1ccc(N2CCCC2=O)cc1. The van der Waals surface area contributed by atoms with Crippen LogP contribution in [0.2, 0.25) is 0 Å². The number of benzene rings is 3. The van der Waals surface area contributed by atoms with Gasteiger partial charge in [-0.15, -0.1) is 0 Å². The molecule has 5 rings (SSSR count). The van der Waals surface area contributed by atoms with Crippen LogP contribution in [0.5, 0.6) is 0 Å². The van der Waals surface area contributed by atoms with Crippen LogP contribution in [0, 0.1) is 0 Å². The maximum Gasteiger partial charge on any atom is 0.255 e. The molecular weight excluding hydrogens is 336 g/mol. The van der Waals surface area contributed by atoms with Crippen molar-refractivity contribution < 1.29 is 9.59 Å². The molecule has 4 heteroatoms. The lowest BCUT2D eigenvalue weighted by Crippen LogP contribution is -2.23. The summed E-state index contributed by atoms with van der Waals surface area (Å²) in [6.45, 7) is 0.755. The van der Waals surface area contributed by atoms with Crippen LogP contribution in [0.15, 0.2) is 54.6 Å². The lowest BCUT2D eigenvalue weighted by Gasteiger charge is -2.16. The van der Waals surface area contributed by atoms with E-state index in [1.807, 2.05) is 18.2 Å². The Balaban J connectivity index is 1.41. The minimum atomic E-state index is -0.131. The maximum absolute atomic E-state index is 12.7. The molecule has 0 unspecified atom stereocenters. The summed E-state index contributed by atoms with van der Waals surface area (Å²) in [4.78, 5) is 26.4. The van der Waals surface area contributed by atoms with Crippen molar-refractivity contribution >= 4 is 34.0 Å². The molecule has 0 radical (unpaired) electrons. The molecule has 2 aliphatic rings. The Bertz CT molecular complexity index is 1060. The Morgan fingerprint density at radius 3 is 2.41 bits per heavy atom. The van der Waals surface area contributed by atoms with Crippen LogP contribution < -0.4 is 10.2 Å². The number of hydrogen-bond acceptors (Lipinski definition) is 2. The number of aryl methyl sites for hydroxylation is 2. The highest BCUT2D eigenvalue weighted by Crippen LogP contribution is 2.35. The van der Waals surface area contributed by atoms with Crippen LogP contribution in [0.4, 0.5) is 11.4 Å². The van der Waals surface area contributed by atoms with Crippen molar-refractivity contribution in [1.82, 2.24) is 0 Å². The summed E-state index contributed by atoms with van der Waals surface area (Å²) < 4.78 is 0. The van der Waals surface area contributed by atoms with Crippen LogP contribution in [0.1, 0.15) is 34.3 Å². The van der Waals surface area contributed by atoms with Gasteiger partial charge >= 0.3 is 0 Å². The molecule has 1 aliphatic heterocycles. The normalized spacial score (nSPS) is 15.6. The largest absolute Gasteiger partial charge is 0.321 e. The van der Waals surface area contributed by atoms with Crippen LogP contribution >= 0.6 is 0 Å². The molecule has 1 heterocycles. The van der Waals surface area contributed by atoms with Crippen molar-refractivity contribution in [1.29, 1.82) is 0 Å². The predicted octanol–water partition coefficient (Wildman–Crippen LogP) is 4.32. The zero-order valence-electron chi connectivity index (χ0n) is 15.0. The highest BCUT2D eigenvalue weighted by molar-refractivity contribution is 6.10. The lowest BCUT2D eigenvalue weighted by molar-refractivity contribution is -0.117. The number of amides is 2. The van der Waals surface area contributed by atoms with Crippen molar-refractivity contribution in [3.8, 4) is 0 Å². The molecule has 0 aromatic heterocycles. The van der Waals surface area contributed by atoms with Gasteiger partial charge in [0.2, 0.25) is 5.91 Å². The molecule has 1 saturated heterocycles. The molecule has 1 N–H and O–H groups in total. The average Bonchev–Trinajstić information content (AvgIpc) is 3.31. The number of carbonyl (C=O) groups excluding carboxylic acids is 2. The van der Waals surface area contributed by atoms with Gasteiger partial charge in [-0.3, -0.25) is 9.59 Å². The van der Waals surface area contributed by atoms with E-state index in [9.17, 15) is 9.59 Å². The third-order valence-electron chi connectivity index (χ3n) is 5.64. The van der Waals surface area contributed by atoms with Crippen molar-refractivity contribution in [2.45, 2.75) is 25.7 Å². The second-order valence-corrected chi connectivity index (χ2v) is 7.26. The van der Waals surface area contributed by atoms with Crippen molar-refractivity contribution in [3.63, 3.8) is 0 Å². The third-order valence-corrected chi connectivity index (χ3v) is 5.64. The Morgan fingerprint density at radius 2 is 1.67 bits per heavy atom. The first kappa shape index (κ1) is 16.1. The van der Waals surface area contributed by atoms with Gasteiger partial charge in [0.05, 0.1) is 0 Å². The summed E-state index contributed by atoms with van der Waals surface area (Å²) >= 11 is 0. The van der Waals surface area contributed by atoms with E-state index in [1.165, 1.54) is 16.5 Å². The molecule has 134 valence electrons. The van der Waals surface area contributed by atoms with E-state index in [1.54, 1.807) is 17.0 Å². The maximum atomic E-state index is 12.7. The predicted molar refractivity (Wildman–Crippen MR) is 107 cm³/mol. The third kappa shape index (κ3) is 2.69. The fourth-order valence-electron chi connectivity index (χ4n) is 4.26. The highest BCUT2D eigenvalue weighted by Gasteiger charge is 2.22. The summed E-state index contributed by atoms with van der Waals surface area (Å²) in [7, 11) is 0. The molecule has 1 fully saturated rings. The van der Waals surface area contributed by atoms with Gasteiger partial charge in [-0.05, 0) is 66.1 Å². The van der Waals surface area contributed by atoms with Crippen LogP contribution in [0.3, 0.4) is 0 Å². The fraction of sp³-hybridized carbons (Fsp3) is 0.217. The second kappa shape index (κ2) is 6.23. The Kier molecular flexibility index (Phi) is 3.71. The molecule has 3 aromatic carbocycles. The van der Waals surface area contributed by atoms with Gasteiger partial charge in [0.1, 0.15) is 0 Å². The number of nitrogens with one attached hydrogen (secondary N) is 1. The molecule has 0 atom stereocenters. The van der Waals surface area contributed by atoms with E-state index >= 15 is 0 Å². The Morgan fingerprint density at radius 1 is 0.889 bits per heavy atom. The van der Waals surface area contributed by atoms with E-state index in [2.05, 4.69) is 29.6 Å². The number of nitrogens with zero attached hydrogens (tertiary/aromatic N) is 1. The summed E-state index contributed by atoms with van der Waals surface area (Å²) in [5.74, 6) is 0.0214. The summed E-state index contributed by atoms with van der Waals surface area (Å²) in [5, 5.41) is 5.46. The Hall–Kier alpha value is -3.14. The van der Waals surface area contributed by atoms with Crippen LogP contribution in [-0.4, -0.2) is 18.4 Å². The van der Waals surface area contributed by atoms with Crippen LogP contribution in [-0.2, 0) is 17.6 Å². The molecule has 1 aliphatic carbocycles. The first-order valence-corrected chi connectivity index (χ1v) is 9.46. The molecule has 2 amide bonds. The lowest BCUT2D eigenvalue weighted by atomic mass is 10.0. The zero-order chi connectivity index (χ0) is 18.4. The summed E-state index contributed by atoms with van der Waals surface area (Å²) in [6, 6.07) is 17.7. The van der Waals surface area contributed by atoms with Gasteiger partial charge in [-0.25, -0.2) is 0 Å². The second-order valence-electron chi connectivity index (χ2n) is 7.26. The fourth-order valence-corrected chi connectivity index (χ4v) is 4.26. The minimum Gasteiger partial charge on any atom is -0.321 e. The van der Waals surface area contributed by atoms with Gasteiger partial charge < -0.3 is 10.2 Å². The standard InChI is InChI=1S/C23H20N2O2/c26-21-5-2-14-25(21)18-11-8-17(9-12-18)23(27)24-20-13-10-16-7-6-15-3-1-4-19(20)22(15)16/h1,3-4,8-13H,2,5-7,14H2,(H,24,27). The summed E-state index contributed by atoms with van der Waals surface area (Å²) in [6.07, 6.45) is 3.64. The minimum absolute atomic E-state index is 0.131. The van der Waals surface area contributed by atoms with Gasteiger partial charge in [0.25, 0.3) is 5.91 Å². The van der Waals surface area contributed by atoms with E-state index in [0.717, 1.165) is 42.6 Å². The number of rotatable bonds is 3. The topological polar surface area (TPSA) is 49.4 Å². The first-order chi connectivity index (χ1) is 13.2. The zero-order valence-corrected chi connectivity index (χ0v) is 15.0. The number of anilines is 2. The van der Waals surface area contributed by atoms with Crippen molar-refractivity contribution in [2.24, 2.45) is 0 Å². The van der Waals surface area contributed by atoms with E-state index in [4.69, 9.17) is 0 Å². The van der Waals surface area contributed by atoms with Gasteiger partial charge in [0.15, 0.2) is 0 Å². The van der Waals surface area contributed by atoms with Gasteiger partial charge in [0, 0.05) is 35.3 Å². The van der Waals surface area contributed by atoms with Crippen molar-refractivity contribution in [3.05, 3.63) is 71.3 Å². The molecule has 0 spiro atoms. The molecule has 27 heavy (non-hydrogen) atoms. The van der Waals surface area contributed by atoms with Gasteiger partial charge in [-0.2, -0.15) is 0 Å². The monoisotopic (exact) mass is 356 g/mol. The molecule has 4 nitrogen and oxygen atoms in total. The molecular formula is C23H20N2O2. The van der Waals surface area contributed by atoms with E-state index in [-0.39, 0.29) is 11.8 Å². The smallest absolute Gasteiger partial charge is 0.255 e. The van der Waals surface area contributed by atoms with Gasteiger partial charge in [-0.1, -0.05) is 24.3 Å². The summed E-state index contributed by atoms with van der Waals surface area (Å²) in [5.41, 5.74) is 5.02. The van der Waals surface area contributed by atoms with Crippen LogP contribution in [0.25, 0.3) is 10.8 Å². The van der Waals surface area contributed by atoms with E-state index < -0.39 is 0 Å². The first-order valence-electron chi connectivity index (χ1n) is 9.46. The molecule has 0 bridgehead atoms.